The van der Waals surface area contributed by atoms with E-state index >= 15 is 0 Å². The van der Waals surface area contributed by atoms with Crippen LogP contribution in [0, 0.1) is 0 Å². The first-order valence-corrected chi connectivity index (χ1v) is 9.33. The minimum atomic E-state index is -0.756. The van der Waals surface area contributed by atoms with E-state index < -0.39 is 6.10 Å². The average molecular weight is 409 g/mol. The van der Waals surface area contributed by atoms with Gasteiger partial charge in [0, 0.05) is 11.3 Å². The Labute approximate surface area is 172 Å². The van der Waals surface area contributed by atoms with Crippen molar-refractivity contribution in [2.75, 3.05) is 17.2 Å². The number of benzene rings is 3. The van der Waals surface area contributed by atoms with Gasteiger partial charge >= 0.3 is 0 Å². The molecule has 0 saturated carbocycles. The zero-order chi connectivity index (χ0) is 20.2. The van der Waals surface area contributed by atoms with E-state index in [1.54, 1.807) is 60.7 Å². The first-order valence-electron chi connectivity index (χ1n) is 8.95. The molecule has 0 unspecified atom stereocenters. The molecule has 146 valence electrons. The molecule has 0 fully saturated rings. The number of hydrogen-bond donors (Lipinski definition) is 2. The predicted octanol–water partition coefficient (Wildman–Crippen LogP) is 4.37. The Balaban J connectivity index is 1.38. The Morgan fingerprint density at radius 3 is 2.31 bits per heavy atom. The summed E-state index contributed by atoms with van der Waals surface area (Å²) in [7, 11) is 0. The average Bonchev–Trinajstić information content (AvgIpc) is 2.75. The second kappa shape index (κ2) is 8.24. The van der Waals surface area contributed by atoms with Crippen LogP contribution in [0.4, 0.5) is 11.4 Å². The van der Waals surface area contributed by atoms with Gasteiger partial charge in [-0.05, 0) is 48.5 Å². The molecule has 1 atom stereocenters. The molecule has 7 heteroatoms. The maximum atomic E-state index is 12.5. The third-order valence-corrected chi connectivity index (χ3v) is 4.67. The van der Waals surface area contributed by atoms with Gasteiger partial charge in [-0.3, -0.25) is 9.59 Å². The van der Waals surface area contributed by atoms with Gasteiger partial charge in [0.05, 0.1) is 10.7 Å². The molecule has 1 aliphatic heterocycles. The fourth-order valence-corrected chi connectivity index (χ4v) is 3.02. The molecule has 0 spiro atoms. The molecular formula is C22H17ClN2O4. The Bertz CT molecular complexity index is 1050. The predicted molar refractivity (Wildman–Crippen MR) is 111 cm³/mol. The van der Waals surface area contributed by atoms with E-state index in [2.05, 4.69) is 10.6 Å². The Morgan fingerprint density at radius 1 is 0.862 bits per heavy atom. The van der Waals surface area contributed by atoms with Crippen molar-refractivity contribution in [3.05, 3.63) is 83.4 Å². The van der Waals surface area contributed by atoms with Gasteiger partial charge in [-0.25, -0.2) is 0 Å². The molecule has 6 nitrogen and oxygen atoms in total. The fourth-order valence-electron chi connectivity index (χ4n) is 2.83. The molecule has 0 aliphatic carbocycles. The van der Waals surface area contributed by atoms with Crippen molar-refractivity contribution < 1.29 is 19.1 Å². The SMILES string of the molecule is O=C(Nc1ccccc1Cl)c1ccc(NC(=O)[C@H]2COc3ccccc3O2)cc1. The second-order valence-corrected chi connectivity index (χ2v) is 6.77. The third-order valence-electron chi connectivity index (χ3n) is 4.34. The summed E-state index contributed by atoms with van der Waals surface area (Å²) in [5.41, 5.74) is 1.52. The standard InChI is InChI=1S/C22H17ClN2O4/c23-16-5-1-2-6-17(16)25-21(26)14-9-11-15(12-10-14)24-22(27)20-13-28-18-7-3-4-8-19(18)29-20/h1-12,20H,13H2,(H,24,27)(H,25,26)/t20-/m1/s1. The van der Waals surface area contributed by atoms with Crippen molar-refractivity contribution in [2.45, 2.75) is 6.10 Å². The number of anilines is 2. The van der Waals surface area contributed by atoms with E-state index in [9.17, 15) is 9.59 Å². The smallest absolute Gasteiger partial charge is 0.269 e. The Hall–Kier alpha value is -3.51. The van der Waals surface area contributed by atoms with Gasteiger partial charge in [-0.2, -0.15) is 0 Å². The minimum absolute atomic E-state index is 0.126. The van der Waals surface area contributed by atoms with Gasteiger partial charge < -0.3 is 20.1 Å². The maximum Gasteiger partial charge on any atom is 0.269 e. The van der Waals surface area contributed by atoms with Crippen molar-refractivity contribution in [2.24, 2.45) is 0 Å². The minimum Gasteiger partial charge on any atom is -0.485 e. The quantitative estimate of drug-likeness (QED) is 0.672. The van der Waals surface area contributed by atoms with Gasteiger partial charge in [0.15, 0.2) is 11.5 Å². The Morgan fingerprint density at radius 2 is 1.55 bits per heavy atom. The summed E-state index contributed by atoms with van der Waals surface area (Å²) < 4.78 is 11.3. The van der Waals surface area contributed by atoms with Crippen LogP contribution in [0.25, 0.3) is 0 Å². The largest absolute Gasteiger partial charge is 0.485 e. The summed E-state index contributed by atoms with van der Waals surface area (Å²) in [6, 6.07) is 20.7. The summed E-state index contributed by atoms with van der Waals surface area (Å²) in [6.07, 6.45) is -0.756. The molecule has 0 radical (unpaired) electrons. The molecule has 0 aromatic heterocycles. The van der Waals surface area contributed by atoms with Crippen LogP contribution >= 0.6 is 11.6 Å². The summed E-state index contributed by atoms with van der Waals surface area (Å²) in [5, 5.41) is 5.98. The van der Waals surface area contributed by atoms with E-state index in [0.29, 0.717) is 33.5 Å². The van der Waals surface area contributed by atoms with Crippen LogP contribution in [0.1, 0.15) is 10.4 Å². The molecule has 4 rings (SSSR count). The molecule has 0 saturated heterocycles. The maximum absolute atomic E-state index is 12.5. The molecule has 2 N–H and O–H groups in total. The van der Waals surface area contributed by atoms with Crippen LogP contribution in [0.2, 0.25) is 5.02 Å². The highest BCUT2D eigenvalue weighted by molar-refractivity contribution is 6.33. The van der Waals surface area contributed by atoms with Gasteiger partial charge in [-0.1, -0.05) is 35.9 Å². The van der Waals surface area contributed by atoms with Gasteiger partial charge in [0.1, 0.15) is 6.61 Å². The van der Waals surface area contributed by atoms with Crippen LogP contribution in [-0.4, -0.2) is 24.5 Å². The molecule has 3 aromatic carbocycles. The number of carbonyl (C=O) groups is 2. The van der Waals surface area contributed by atoms with Crippen LogP contribution in [0.15, 0.2) is 72.8 Å². The first kappa shape index (κ1) is 18.8. The molecule has 29 heavy (non-hydrogen) atoms. The van der Waals surface area contributed by atoms with Crippen LogP contribution in [0.5, 0.6) is 11.5 Å². The third kappa shape index (κ3) is 4.33. The molecule has 2 amide bonds. The highest BCUT2D eigenvalue weighted by Crippen LogP contribution is 2.31. The van der Waals surface area contributed by atoms with Gasteiger partial charge in [-0.15, -0.1) is 0 Å². The van der Waals surface area contributed by atoms with Crippen LogP contribution < -0.4 is 20.1 Å². The number of fused-ring (bicyclic) bond motifs is 1. The van der Waals surface area contributed by atoms with E-state index in [0.717, 1.165) is 0 Å². The molecule has 3 aromatic rings. The number of nitrogens with one attached hydrogen (secondary N) is 2. The lowest BCUT2D eigenvalue weighted by molar-refractivity contribution is -0.125. The Kier molecular flexibility index (Phi) is 5.35. The van der Waals surface area contributed by atoms with Gasteiger partial charge in [0.25, 0.3) is 11.8 Å². The summed E-state index contributed by atoms with van der Waals surface area (Å²) >= 11 is 6.06. The van der Waals surface area contributed by atoms with Crippen molar-refractivity contribution in [1.82, 2.24) is 0 Å². The number of hydrogen-bond acceptors (Lipinski definition) is 4. The van der Waals surface area contributed by atoms with Crippen molar-refractivity contribution >= 4 is 34.8 Å². The van der Waals surface area contributed by atoms with E-state index in [-0.39, 0.29) is 18.4 Å². The number of halogens is 1. The monoisotopic (exact) mass is 408 g/mol. The highest BCUT2D eigenvalue weighted by Gasteiger charge is 2.27. The molecule has 1 aliphatic rings. The highest BCUT2D eigenvalue weighted by atomic mass is 35.5. The topological polar surface area (TPSA) is 76.7 Å². The summed E-state index contributed by atoms with van der Waals surface area (Å²) in [4.78, 5) is 24.8. The van der Waals surface area contributed by atoms with E-state index in [4.69, 9.17) is 21.1 Å². The second-order valence-electron chi connectivity index (χ2n) is 6.36. The van der Waals surface area contributed by atoms with Crippen molar-refractivity contribution in [1.29, 1.82) is 0 Å². The van der Waals surface area contributed by atoms with Crippen LogP contribution in [-0.2, 0) is 4.79 Å². The lowest BCUT2D eigenvalue weighted by atomic mass is 10.1. The van der Waals surface area contributed by atoms with Crippen molar-refractivity contribution in [3.63, 3.8) is 0 Å². The summed E-state index contributed by atoms with van der Waals surface area (Å²) in [5.74, 6) is 0.528. The number of para-hydroxylation sites is 3. The summed E-state index contributed by atoms with van der Waals surface area (Å²) in [6.45, 7) is 0.126. The fraction of sp³-hybridized carbons (Fsp3) is 0.0909. The zero-order valence-electron chi connectivity index (χ0n) is 15.2. The number of ether oxygens (including phenoxy) is 2. The lowest BCUT2D eigenvalue weighted by Gasteiger charge is -2.25. The number of rotatable bonds is 4. The normalized spacial score (nSPS) is 14.7. The first-order chi connectivity index (χ1) is 14.1. The lowest BCUT2D eigenvalue weighted by Crippen LogP contribution is -2.40. The van der Waals surface area contributed by atoms with Gasteiger partial charge in [0.2, 0.25) is 6.10 Å². The van der Waals surface area contributed by atoms with E-state index in [1.165, 1.54) is 0 Å². The molecular weight excluding hydrogens is 392 g/mol. The number of carbonyl (C=O) groups excluding carboxylic acids is 2. The molecule has 0 bridgehead atoms. The number of amides is 2. The zero-order valence-corrected chi connectivity index (χ0v) is 16.0. The van der Waals surface area contributed by atoms with Crippen molar-refractivity contribution in [3.8, 4) is 11.5 Å². The molecule has 1 heterocycles. The van der Waals surface area contributed by atoms with E-state index in [1.807, 2.05) is 12.1 Å². The van der Waals surface area contributed by atoms with Crippen LogP contribution in [0.3, 0.4) is 0 Å².